The molecule has 2 aromatic heterocycles. The lowest BCUT2D eigenvalue weighted by Crippen LogP contribution is -2.58. The second-order valence-corrected chi connectivity index (χ2v) is 11.1. The summed E-state index contributed by atoms with van der Waals surface area (Å²) in [6.07, 6.45) is 9.38. The molecule has 0 amide bonds. The van der Waals surface area contributed by atoms with E-state index in [1.807, 2.05) is 17.0 Å². The third-order valence-corrected chi connectivity index (χ3v) is 8.78. The van der Waals surface area contributed by atoms with Crippen molar-refractivity contribution >= 4 is 16.9 Å². The van der Waals surface area contributed by atoms with Gasteiger partial charge in [-0.1, -0.05) is 12.1 Å². The molecule has 9 nitrogen and oxygen atoms in total. The molecule has 1 aromatic carbocycles. The van der Waals surface area contributed by atoms with Gasteiger partial charge in [-0.05, 0) is 56.2 Å². The molecular weight excluding hydrogens is 458 g/mol. The van der Waals surface area contributed by atoms with Crippen LogP contribution in [0.15, 0.2) is 36.8 Å². The highest BCUT2D eigenvalue weighted by atomic mass is 16.6. The first-order valence-electron chi connectivity index (χ1n) is 13.1. The first-order chi connectivity index (χ1) is 17.5. The SMILES string of the molecule is Nc1ncnc2c1c(-c1cccc(OCC34CCC(CC3)O4)c1)cn2C1CC(C(O)N2CC(O)C2)C1. The molecule has 5 heterocycles. The number of aliphatic hydroxyl groups is 2. The van der Waals surface area contributed by atoms with Crippen LogP contribution in [0.3, 0.4) is 0 Å². The van der Waals surface area contributed by atoms with Crippen molar-refractivity contribution in [2.24, 2.45) is 5.92 Å². The average Bonchev–Trinajstić information content (AvgIpc) is 3.54. The average molecular weight is 492 g/mol. The maximum atomic E-state index is 10.6. The summed E-state index contributed by atoms with van der Waals surface area (Å²) in [5, 5.41) is 21.1. The summed E-state index contributed by atoms with van der Waals surface area (Å²) in [6.45, 7) is 1.68. The molecule has 3 saturated heterocycles. The van der Waals surface area contributed by atoms with Crippen molar-refractivity contribution in [3.8, 4) is 16.9 Å². The highest BCUT2D eigenvalue weighted by molar-refractivity contribution is 6.00. The molecule has 4 aliphatic rings. The highest BCUT2D eigenvalue weighted by Crippen LogP contribution is 2.46. The first kappa shape index (κ1) is 22.5. The van der Waals surface area contributed by atoms with E-state index in [0.29, 0.717) is 31.6 Å². The normalized spacial score (nSPS) is 30.9. The second-order valence-electron chi connectivity index (χ2n) is 11.1. The number of aliphatic hydroxyl groups excluding tert-OH is 2. The number of anilines is 1. The lowest BCUT2D eigenvalue weighted by molar-refractivity contribution is -0.142. The van der Waals surface area contributed by atoms with Crippen LogP contribution >= 0.6 is 0 Å². The Labute approximate surface area is 209 Å². The minimum absolute atomic E-state index is 0.117. The number of rotatable bonds is 7. The lowest BCUT2D eigenvalue weighted by Gasteiger charge is -2.47. The van der Waals surface area contributed by atoms with Crippen molar-refractivity contribution < 1.29 is 19.7 Å². The minimum atomic E-state index is -0.502. The maximum Gasteiger partial charge on any atom is 0.146 e. The van der Waals surface area contributed by atoms with Crippen LogP contribution in [0.1, 0.15) is 44.6 Å². The fourth-order valence-corrected chi connectivity index (χ4v) is 6.56. The number of likely N-dealkylation sites (tertiary alicyclic amines) is 1. The van der Waals surface area contributed by atoms with Crippen molar-refractivity contribution in [3.05, 3.63) is 36.8 Å². The summed E-state index contributed by atoms with van der Waals surface area (Å²) in [6, 6.07) is 8.36. The molecule has 2 bridgehead atoms. The van der Waals surface area contributed by atoms with Crippen LogP contribution in [0.5, 0.6) is 5.75 Å². The Morgan fingerprint density at radius 2 is 2.00 bits per heavy atom. The standard InChI is InChI=1S/C27H33N5O4/c28-24-23-22(16-2-1-3-21(10-16)35-14-27-6-4-20(36-27)5-7-27)13-32(25(23)30-15-29-24)18-8-17(9-18)26(34)31-11-19(33)12-31/h1-3,10,13,15,17-20,26,33-34H,4-9,11-12,14H2,(H2,28,29,30). The molecule has 9 heteroatoms. The van der Waals surface area contributed by atoms with Crippen molar-refractivity contribution in [1.29, 1.82) is 0 Å². The number of aromatic nitrogens is 3. The number of nitrogens with zero attached hydrogens (tertiary/aromatic N) is 4. The van der Waals surface area contributed by atoms with Gasteiger partial charge in [-0.3, -0.25) is 4.90 Å². The van der Waals surface area contributed by atoms with Crippen molar-refractivity contribution in [2.45, 2.75) is 68.6 Å². The van der Waals surface area contributed by atoms with Gasteiger partial charge in [0.2, 0.25) is 0 Å². The minimum Gasteiger partial charge on any atom is -0.491 e. The molecule has 0 spiro atoms. The number of nitrogens with two attached hydrogens (primary N) is 1. The predicted molar refractivity (Wildman–Crippen MR) is 134 cm³/mol. The fourth-order valence-electron chi connectivity index (χ4n) is 6.56. The molecule has 1 saturated carbocycles. The van der Waals surface area contributed by atoms with Crippen LogP contribution < -0.4 is 10.5 Å². The monoisotopic (exact) mass is 491 g/mol. The lowest BCUT2D eigenvalue weighted by atomic mass is 9.78. The Morgan fingerprint density at radius 1 is 1.19 bits per heavy atom. The number of fused-ring (bicyclic) bond motifs is 3. The second kappa shape index (κ2) is 8.41. The Balaban J connectivity index is 1.13. The van der Waals surface area contributed by atoms with Gasteiger partial charge in [0.25, 0.3) is 0 Å². The molecule has 190 valence electrons. The molecule has 7 rings (SSSR count). The van der Waals surface area contributed by atoms with Gasteiger partial charge in [0.1, 0.15) is 42.0 Å². The molecule has 4 fully saturated rings. The Hall–Kier alpha value is -2.72. The number of β-amino-alcohol motifs (C(OH)–C–C–N with tert-alkyl or cyclic N) is 1. The van der Waals surface area contributed by atoms with Gasteiger partial charge >= 0.3 is 0 Å². The molecule has 1 unspecified atom stereocenters. The van der Waals surface area contributed by atoms with Crippen molar-refractivity contribution in [3.63, 3.8) is 0 Å². The zero-order valence-corrected chi connectivity index (χ0v) is 20.3. The topological polar surface area (TPSA) is 119 Å². The largest absolute Gasteiger partial charge is 0.491 e. The van der Waals surface area contributed by atoms with Crippen molar-refractivity contribution in [1.82, 2.24) is 19.4 Å². The molecule has 36 heavy (non-hydrogen) atoms. The van der Waals surface area contributed by atoms with E-state index in [2.05, 4.69) is 32.9 Å². The predicted octanol–water partition coefficient (Wildman–Crippen LogP) is 2.72. The van der Waals surface area contributed by atoms with Gasteiger partial charge in [0.15, 0.2) is 0 Å². The van der Waals surface area contributed by atoms with E-state index >= 15 is 0 Å². The summed E-state index contributed by atoms with van der Waals surface area (Å²) in [4.78, 5) is 10.8. The Kier molecular flexibility index (Phi) is 5.25. The molecule has 4 N–H and O–H groups in total. The van der Waals surface area contributed by atoms with Gasteiger partial charge < -0.3 is 30.0 Å². The van der Waals surface area contributed by atoms with Gasteiger partial charge in [-0.2, -0.15) is 0 Å². The summed E-state index contributed by atoms with van der Waals surface area (Å²) in [7, 11) is 0. The third-order valence-electron chi connectivity index (χ3n) is 8.78. The third kappa shape index (κ3) is 3.68. The summed E-state index contributed by atoms with van der Waals surface area (Å²) >= 11 is 0. The van der Waals surface area contributed by atoms with Crippen LogP contribution in [-0.2, 0) is 4.74 Å². The number of nitrogen functional groups attached to an aromatic ring is 1. The van der Waals surface area contributed by atoms with E-state index in [1.165, 1.54) is 6.33 Å². The molecule has 3 aliphatic heterocycles. The molecule has 3 aromatic rings. The molecule has 0 radical (unpaired) electrons. The van der Waals surface area contributed by atoms with E-state index in [0.717, 1.165) is 66.4 Å². The van der Waals surface area contributed by atoms with E-state index in [4.69, 9.17) is 15.2 Å². The zero-order valence-electron chi connectivity index (χ0n) is 20.3. The molecule has 1 atom stereocenters. The van der Waals surface area contributed by atoms with Crippen LogP contribution in [0, 0.1) is 5.92 Å². The Bertz CT molecular complexity index is 1270. The Morgan fingerprint density at radius 3 is 2.72 bits per heavy atom. The van der Waals surface area contributed by atoms with E-state index < -0.39 is 6.23 Å². The van der Waals surface area contributed by atoms with Gasteiger partial charge in [0.05, 0.1) is 17.6 Å². The number of hydrogen-bond acceptors (Lipinski definition) is 8. The molecule has 1 aliphatic carbocycles. The smallest absolute Gasteiger partial charge is 0.146 e. The fraction of sp³-hybridized carbons (Fsp3) is 0.556. The van der Waals surface area contributed by atoms with Crippen molar-refractivity contribution in [2.75, 3.05) is 25.4 Å². The van der Waals surface area contributed by atoms with E-state index in [1.54, 1.807) is 0 Å². The van der Waals surface area contributed by atoms with Crippen LogP contribution in [0.25, 0.3) is 22.2 Å². The highest BCUT2D eigenvalue weighted by Gasteiger charge is 2.47. The summed E-state index contributed by atoms with van der Waals surface area (Å²) in [5.74, 6) is 1.47. The van der Waals surface area contributed by atoms with Crippen LogP contribution in [-0.4, -0.2) is 73.4 Å². The summed E-state index contributed by atoms with van der Waals surface area (Å²) in [5.41, 5.74) is 9.05. The zero-order chi connectivity index (χ0) is 24.4. The van der Waals surface area contributed by atoms with E-state index in [9.17, 15) is 10.2 Å². The summed E-state index contributed by atoms with van der Waals surface area (Å²) < 4.78 is 14.6. The van der Waals surface area contributed by atoms with Gasteiger partial charge in [0, 0.05) is 36.8 Å². The number of hydrogen-bond donors (Lipinski definition) is 3. The quantitative estimate of drug-likeness (QED) is 0.462. The first-order valence-corrected chi connectivity index (χ1v) is 13.1. The molecular formula is C27H33N5O4. The maximum absolute atomic E-state index is 10.6. The van der Waals surface area contributed by atoms with Crippen LogP contribution in [0.2, 0.25) is 0 Å². The number of benzene rings is 1. The van der Waals surface area contributed by atoms with E-state index in [-0.39, 0.29) is 23.7 Å². The van der Waals surface area contributed by atoms with Gasteiger partial charge in [-0.25, -0.2) is 9.97 Å². The van der Waals surface area contributed by atoms with Crippen LogP contribution in [0.4, 0.5) is 5.82 Å². The number of ether oxygens (including phenoxy) is 2. The van der Waals surface area contributed by atoms with Gasteiger partial charge in [-0.15, -0.1) is 0 Å².